The zero-order chi connectivity index (χ0) is 14.7. The van der Waals surface area contributed by atoms with Crippen molar-refractivity contribution >= 4 is 34.4 Å². The summed E-state index contributed by atoms with van der Waals surface area (Å²) in [6.45, 7) is 0. The minimum absolute atomic E-state index is 0.420. The number of aromatic amines is 1. The Balaban J connectivity index is 1.98. The normalized spacial score (nSPS) is 11.1. The molecule has 21 heavy (non-hydrogen) atoms. The Labute approximate surface area is 134 Å². The molecule has 0 radical (unpaired) electrons. The molecule has 1 N–H and O–H groups in total. The lowest BCUT2D eigenvalue weighted by Crippen LogP contribution is -1.96. The van der Waals surface area contributed by atoms with Gasteiger partial charge in [0.25, 0.3) is 0 Å². The summed E-state index contributed by atoms with van der Waals surface area (Å²) in [5.74, 6) is 0.578. The number of H-pyrrole nitrogens is 1. The second-order valence-corrected chi connectivity index (χ2v) is 5.48. The molecule has 0 aliphatic heterocycles. The first-order chi connectivity index (χ1) is 10.2. The van der Waals surface area contributed by atoms with Crippen LogP contribution in [0.3, 0.4) is 0 Å². The van der Waals surface area contributed by atoms with Crippen LogP contribution in [0.25, 0.3) is 11.5 Å². The molecule has 0 unspecified atom stereocenters. The summed E-state index contributed by atoms with van der Waals surface area (Å²) in [5.41, 5.74) is 1.67. The Hall–Kier alpha value is -2.12. The molecule has 3 rings (SSSR count). The topological polar surface area (TPSA) is 58.9 Å². The van der Waals surface area contributed by atoms with E-state index in [4.69, 9.17) is 12.2 Å². The fourth-order valence-electron chi connectivity index (χ4n) is 1.73. The van der Waals surface area contributed by atoms with Crippen molar-refractivity contribution in [3.63, 3.8) is 0 Å². The Kier molecular flexibility index (Phi) is 4.03. The van der Waals surface area contributed by atoms with Gasteiger partial charge >= 0.3 is 0 Å². The van der Waals surface area contributed by atoms with Gasteiger partial charge in [0, 0.05) is 10.7 Å². The molecular formula is C14H10BrN5S. The molecule has 0 atom stereocenters. The van der Waals surface area contributed by atoms with Crippen LogP contribution in [-0.2, 0) is 0 Å². The van der Waals surface area contributed by atoms with E-state index in [2.05, 4.69) is 36.2 Å². The van der Waals surface area contributed by atoms with E-state index in [0.717, 1.165) is 10.0 Å². The molecule has 0 spiro atoms. The molecule has 1 aromatic carbocycles. The number of rotatable bonds is 3. The highest BCUT2D eigenvalue weighted by Crippen LogP contribution is 2.14. The van der Waals surface area contributed by atoms with E-state index in [9.17, 15) is 0 Å². The van der Waals surface area contributed by atoms with Gasteiger partial charge in [0.15, 0.2) is 0 Å². The van der Waals surface area contributed by atoms with E-state index in [-0.39, 0.29) is 0 Å². The monoisotopic (exact) mass is 359 g/mol. The van der Waals surface area contributed by atoms with E-state index < -0.39 is 0 Å². The number of hydrogen-bond acceptors (Lipinski definition) is 4. The molecule has 0 aliphatic rings. The van der Waals surface area contributed by atoms with Gasteiger partial charge in [-0.15, -0.1) is 0 Å². The Morgan fingerprint density at radius 1 is 1.19 bits per heavy atom. The van der Waals surface area contributed by atoms with Crippen molar-refractivity contribution in [2.45, 2.75) is 0 Å². The summed E-state index contributed by atoms with van der Waals surface area (Å²) in [4.78, 5) is 4.26. The summed E-state index contributed by atoms with van der Waals surface area (Å²) in [7, 11) is 0. The molecule has 2 aromatic heterocycles. The van der Waals surface area contributed by atoms with Crippen molar-refractivity contribution in [3.8, 4) is 11.5 Å². The first-order valence-electron chi connectivity index (χ1n) is 6.13. The van der Waals surface area contributed by atoms with Gasteiger partial charge < -0.3 is 0 Å². The number of hydrogen-bond donors (Lipinski definition) is 1. The third-order valence-electron chi connectivity index (χ3n) is 2.74. The van der Waals surface area contributed by atoms with Crippen LogP contribution in [0.4, 0.5) is 0 Å². The highest BCUT2D eigenvalue weighted by molar-refractivity contribution is 9.10. The number of nitrogens with one attached hydrogen (secondary N) is 1. The van der Waals surface area contributed by atoms with Gasteiger partial charge in [-0.25, -0.2) is 5.10 Å². The molecular weight excluding hydrogens is 350 g/mol. The highest BCUT2D eigenvalue weighted by Gasteiger charge is 2.08. The minimum Gasteiger partial charge on any atom is -0.253 e. The SMILES string of the molecule is S=c1[nH]nc(-c2ccccn2)n1/N=C/c1ccc(Br)cc1. The Bertz CT molecular complexity index is 821. The van der Waals surface area contributed by atoms with Gasteiger partial charge in [0.1, 0.15) is 5.69 Å². The summed E-state index contributed by atoms with van der Waals surface area (Å²) < 4.78 is 3.00. The average Bonchev–Trinajstić information content (AvgIpc) is 2.89. The highest BCUT2D eigenvalue weighted by atomic mass is 79.9. The second kappa shape index (κ2) is 6.11. The Morgan fingerprint density at radius 2 is 2.00 bits per heavy atom. The van der Waals surface area contributed by atoms with Crippen molar-refractivity contribution in [3.05, 3.63) is 63.5 Å². The standard InChI is InChI=1S/C14H10BrN5S/c15-11-6-4-10(5-7-11)9-17-20-13(18-19-14(20)21)12-3-1-2-8-16-12/h1-9H,(H,19,21)/b17-9+. The smallest absolute Gasteiger partial charge is 0.216 e. The number of pyridine rings is 1. The molecule has 0 aliphatic carbocycles. The molecule has 0 bridgehead atoms. The van der Waals surface area contributed by atoms with Gasteiger partial charge in [-0.1, -0.05) is 34.1 Å². The fraction of sp³-hybridized carbons (Fsp3) is 0. The van der Waals surface area contributed by atoms with E-state index in [0.29, 0.717) is 16.3 Å². The predicted octanol–water partition coefficient (Wildman–Crippen LogP) is 3.65. The van der Waals surface area contributed by atoms with Gasteiger partial charge in [-0.05, 0) is 42.0 Å². The van der Waals surface area contributed by atoms with E-state index >= 15 is 0 Å². The van der Waals surface area contributed by atoms with Crippen molar-refractivity contribution in [1.82, 2.24) is 19.9 Å². The first-order valence-corrected chi connectivity index (χ1v) is 7.33. The van der Waals surface area contributed by atoms with Gasteiger partial charge in [0.2, 0.25) is 10.6 Å². The van der Waals surface area contributed by atoms with Crippen LogP contribution in [0.1, 0.15) is 5.56 Å². The summed E-state index contributed by atoms with van der Waals surface area (Å²) in [6, 6.07) is 13.4. The van der Waals surface area contributed by atoms with Gasteiger partial charge in [-0.2, -0.15) is 14.9 Å². The molecule has 0 amide bonds. The predicted molar refractivity (Wildman–Crippen MR) is 87.8 cm³/mol. The van der Waals surface area contributed by atoms with Crippen LogP contribution >= 0.6 is 28.1 Å². The van der Waals surface area contributed by atoms with Crippen LogP contribution in [0, 0.1) is 4.77 Å². The first kappa shape index (κ1) is 13.8. The number of aromatic nitrogens is 4. The third kappa shape index (κ3) is 3.14. The number of halogens is 1. The number of nitrogens with zero attached hydrogens (tertiary/aromatic N) is 4. The van der Waals surface area contributed by atoms with E-state index in [1.54, 1.807) is 17.1 Å². The Morgan fingerprint density at radius 3 is 2.71 bits per heavy atom. The van der Waals surface area contributed by atoms with Crippen LogP contribution < -0.4 is 0 Å². The molecule has 0 fully saturated rings. The maximum atomic E-state index is 5.20. The summed E-state index contributed by atoms with van der Waals surface area (Å²) in [6.07, 6.45) is 3.43. The maximum Gasteiger partial charge on any atom is 0.216 e. The largest absolute Gasteiger partial charge is 0.253 e. The van der Waals surface area contributed by atoms with Crippen LogP contribution in [0.5, 0.6) is 0 Å². The van der Waals surface area contributed by atoms with E-state index in [1.165, 1.54) is 0 Å². The van der Waals surface area contributed by atoms with Crippen LogP contribution in [-0.4, -0.2) is 26.1 Å². The second-order valence-electron chi connectivity index (χ2n) is 4.18. The number of benzene rings is 1. The third-order valence-corrected chi connectivity index (χ3v) is 3.53. The molecule has 0 saturated heterocycles. The average molecular weight is 360 g/mol. The lowest BCUT2D eigenvalue weighted by atomic mass is 10.2. The summed E-state index contributed by atoms with van der Waals surface area (Å²) in [5, 5.41) is 11.3. The van der Waals surface area contributed by atoms with Crippen LogP contribution in [0.2, 0.25) is 0 Å². The van der Waals surface area contributed by atoms with Gasteiger partial charge in [0.05, 0.1) is 6.21 Å². The molecule has 7 heteroatoms. The van der Waals surface area contributed by atoms with Crippen molar-refractivity contribution in [2.24, 2.45) is 5.10 Å². The lowest BCUT2D eigenvalue weighted by molar-refractivity contribution is 0.867. The maximum absolute atomic E-state index is 5.20. The molecule has 2 heterocycles. The van der Waals surface area contributed by atoms with Crippen molar-refractivity contribution < 1.29 is 0 Å². The molecule has 5 nitrogen and oxygen atoms in total. The molecule has 3 aromatic rings. The van der Waals surface area contributed by atoms with Crippen molar-refractivity contribution in [1.29, 1.82) is 0 Å². The fourth-order valence-corrected chi connectivity index (χ4v) is 2.18. The molecule has 0 saturated carbocycles. The zero-order valence-corrected chi connectivity index (χ0v) is 13.2. The van der Waals surface area contributed by atoms with Crippen molar-refractivity contribution in [2.75, 3.05) is 0 Å². The lowest BCUT2D eigenvalue weighted by Gasteiger charge is -1.99. The molecule has 104 valence electrons. The van der Waals surface area contributed by atoms with E-state index in [1.807, 2.05) is 42.5 Å². The summed E-state index contributed by atoms with van der Waals surface area (Å²) >= 11 is 8.60. The minimum atomic E-state index is 0.420. The van der Waals surface area contributed by atoms with Crippen LogP contribution in [0.15, 0.2) is 58.2 Å². The van der Waals surface area contributed by atoms with Gasteiger partial charge in [-0.3, -0.25) is 4.98 Å². The quantitative estimate of drug-likeness (QED) is 0.573. The zero-order valence-electron chi connectivity index (χ0n) is 10.8.